The van der Waals surface area contributed by atoms with Gasteiger partial charge in [0, 0.05) is 13.0 Å². The summed E-state index contributed by atoms with van der Waals surface area (Å²) >= 11 is 0. The Morgan fingerprint density at radius 3 is 2.52 bits per heavy atom. The molecule has 0 aromatic heterocycles. The minimum absolute atomic E-state index is 0.202. The third kappa shape index (κ3) is 5.78. The van der Waals surface area contributed by atoms with Crippen molar-refractivity contribution in [1.82, 2.24) is 5.32 Å². The average Bonchev–Trinajstić information content (AvgIpc) is 2.36. The molecule has 0 aliphatic rings. The van der Waals surface area contributed by atoms with Gasteiger partial charge in [-0.1, -0.05) is 11.8 Å². The molecule has 1 amide bonds. The molecule has 3 nitrogen and oxygen atoms in total. The summed E-state index contributed by atoms with van der Waals surface area (Å²) in [5.41, 5.74) is -0.823. The molecule has 0 bridgehead atoms. The molecule has 1 aromatic rings. The molecule has 1 rings (SSSR count). The van der Waals surface area contributed by atoms with E-state index in [2.05, 4.69) is 17.2 Å². The fourth-order valence-electron chi connectivity index (χ4n) is 1.32. The van der Waals surface area contributed by atoms with Crippen LogP contribution >= 0.6 is 0 Å². The molecule has 0 atom stereocenters. The molecule has 0 fully saturated rings. The second kappa shape index (κ2) is 7.02. The van der Waals surface area contributed by atoms with Gasteiger partial charge in [-0.05, 0) is 32.9 Å². The van der Waals surface area contributed by atoms with Crippen LogP contribution in [0, 0.1) is 29.3 Å². The molecule has 0 saturated heterocycles. The first kappa shape index (κ1) is 16.9. The van der Waals surface area contributed by atoms with E-state index in [0.29, 0.717) is 0 Å². The van der Waals surface area contributed by atoms with Gasteiger partial charge in [-0.3, -0.25) is 0 Å². The maximum absolute atomic E-state index is 13.3. The van der Waals surface area contributed by atoms with Crippen molar-refractivity contribution < 1.29 is 22.7 Å². The van der Waals surface area contributed by atoms with Gasteiger partial charge in [0.25, 0.3) is 0 Å². The van der Waals surface area contributed by atoms with E-state index in [1.807, 2.05) is 0 Å². The molecule has 114 valence electrons. The first-order valence-electron chi connectivity index (χ1n) is 6.30. The number of carbonyl (C=O) groups is 1. The van der Waals surface area contributed by atoms with E-state index in [1.54, 1.807) is 20.8 Å². The zero-order valence-corrected chi connectivity index (χ0v) is 12.0. The number of ether oxygens (including phenoxy) is 1. The molecule has 1 N–H and O–H groups in total. The lowest BCUT2D eigenvalue weighted by Gasteiger charge is -2.19. The van der Waals surface area contributed by atoms with Gasteiger partial charge in [-0.15, -0.1) is 0 Å². The summed E-state index contributed by atoms with van der Waals surface area (Å²) in [6, 6.07) is 1.86. The van der Waals surface area contributed by atoms with Crippen molar-refractivity contribution >= 4 is 6.09 Å². The SMILES string of the molecule is CC(C)(C)OC(=O)NCCC#Cc1ccc(F)c(F)c1F. The van der Waals surface area contributed by atoms with Crippen molar-refractivity contribution in [3.05, 3.63) is 35.1 Å². The monoisotopic (exact) mass is 299 g/mol. The Hall–Kier alpha value is -2.16. The summed E-state index contributed by atoms with van der Waals surface area (Å²) in [7, 11) is 0. The summed E-state index contributed by atoms with van der Waals surface area (Å²) in [5, 5.41) is 2.47. The fourth-order valence-corrected chi connectivity index (χ4v) is 1.32. The second-order valence-corrected chi connectivity index (χ2v) is 5.20. The number of hydrogen-bond donors (Lipinski definition) is 1. The third-order valence-corrected chi connectivity index (χ3v) is 2.18. The van der Waals surface area contributed by atoms with Crippen LogP contribution in [-0.4, -0.2) is 18.2 Å². The van der Waals surface area contributed by atoms with Crippen LogP contribution in [0.25, 0.3) is 0 Å². The molecule has 0 radical (unpaired) electrons. The van der Waals surface area contributed by atoms with Crippen molar-refractivity contribution in [2.75, 3.05) is 6.54 Å². The Labute approximate surface area is 121 Å². The van der Waals surface area contributed by atoms with Gasteiger partial charge in [-0.25, -0.2) is 18.0 Å². The molecule has 0 spiro atoms. The summed E-state index contributed by atoms with van der Waals surface area (Å²) < 4.78 is 43.9. The summed E-state index contributed by atoms with van der Waals surface area (Å²) in [6.07, 6.45) is -0.360. The maximum atomic E-state index is 13.3. The van der Waals surface area contributed by atoms with Crippen LogP contribution in [0.3, 0.4) is 0 Å². The predicted molar refractivity (Wildman–Crippen MR) is 72.0 cm³/mol. The van der Waals surface area contributed by atoms with E-state index < -0.39 is 29.1 Å². The van der Waals surface area contributed by atoms with E-state index in [1.165, 1.54) is 0 Å². The first-order chi connectivity index (χ1) is 9.70. The van der Waals surface area contributed by atoms with Crippen molar-refractivity contribution in [3.8, 4) is 11.8 Å². The highest BCUT2D eigenvalue weighted by atomic mass is 19.2. The number of benzene rings is 1. The number of hydrogen-bond acceptors (Lipinski definition) is 2. The highest BCUT2D eigenvalue weighted by Crippen LogP contribution is 2.14. The largest absolute Gasteiger partial charge is 0.444 e. The van der Waals surface area contributed by atoms with Gasteiger partial charge >= 0.3 is 6.09 Å². The second-order valence-electron chi connectivity index (χ2n) is 5.20. The first-order valence-corrected chi connectivity index (χ1v) is 6.30. The number of nitrogens with one attached hydrogen (secondary N) is 1. The molecule has 0 aliphatic carbocycles. The van der Waals surface area contributed by atoms with Crippen LogP contribution in [0.5, 0.6) is 0 Å². The maximum Gasteiger partial charge on any atom is 0.407 e. The van der Waals surface area contributed by atoms with Crippen LogP contribution in [0.15, 0.2) is 12.1 Å². The normalized spacial score (nSPS) is 10.6. The van der Waals surface area contributed by atoms with E-state index in [0.717, 1.165) is 12.1 Å². The third-order valence-electron chi connectivity index (χ3n) is 2.18. The van der Waals surface area contributed by atoms with Gasteiger partial charge in [0.05, 0.1) is 5.56 Å². The van der Waals surface area contributed by atoms with Gasteiger partial charge < -0.3 is 10.1 Å². The quantitative estimate of drug-likeness (QED) is 0.516. The zero-order valence-electron chi connectivity index (χ0n) is 12.0. The van der Waals surface area contributed by atoms with Crippen molar-refractivity contribution in [2.24, 2.45) is 0 Å². The van der Waals surface area contributed by atoms with E-state index in [-0.39, 0.29) is 18.5 Å². The molecule has 21 heavy (non-hydrogen) atoms. The Kier molecular flexibility index (Phi) is 5.65. The lowest BCUT2D eigenvalue weighted by molar-refractivity contribution is 0.0529. The number of halogens is 3. The van der Waals surface area contributed by atoms with Crippen LogP contribution in [0.2, 0.25) is 0 Å². The fraction of sp³-hybridized carbons (Fsp3) is 0.400. The molecule has 0 saturated carbocycles. The zero-order chi connectivity index (χ0) is 16.0. The van der Waals surface area contributed by atoms with Crippen LogP contribution in [0.4, 0.5) is 18.0 Å². The van der Waals surface area contributed by atoms with Gasteiger partial charge in [0.1, 0.15) is 5.60 Å². The molecule has 0 aliphatic heterocycles. The summed E-state index contributed by atoms with van der Waals surface area (Å²) in [6.45, 7) is 5.40. The van der Waals surface area contributed by atoms with E-state index >= 15 is 0 Å². The highest BCUT2D eigenvalue weighted by molar-refractivity contribution is 5.67. The number of rotatable bonds is 2. The summed E-state index contributed by atoms with van der Waals surface area (Å²) in [5.74, 6) is 0.813. The average molecular weight is 299 g/mol. The molecule has 0 unspecified atom stereocenters. The van der Waals surface area contributed by atoms with E-state index in [9.17, 15) is 18.0 Å². The predicted octanol–water partition coefficient (Wildman–Crippen LogP) is 3.37. The molecule has 0 heterocycles. The lowest BCUT2D eigenvalue weighted by Crippen LogP contribution is -2.32. The lowest BCUT2D eigenvalue weighted by atomic mass is 10.2. The van der Waals surface area contributed by atoms with Gasteiger partial charge in [0.2, 0.25) is 0 Å². The number of amides is 1. The van der Waals surface area contributed by atoms with Crippen LogP contribution < -0.4 is 5.32 Å². The Bertz CT molecular complexity index is 583. The smallest absolute Gasteiger partial charge is 0.407 e. The van der Waals surface area contributed by atoms with Crippen LogP contribution in [0.1, 0.15) is 32.8 Å². The summed E-state index contributed by atoms with van der Waals surface area (Å²) in [4.78, 5) is 11.3. The standard InChI is InChI=1S/C15H16F3NO2/c1-15(2,3)21-14(20)19-9-5-4-6-10-7-8-11(16)13(18)12(10)17/h7-8H,5,9H2,1-3H3,(H,19,20). The highest BCUT2D eigenvalue weighted by Gasteiger charge is 2.15. The Morgan fingerprint density at radius 2 is 1.90 bits per heavy atom. The molecular weight excluding hydrogens is 283 g/mol. The minimum atomic E-state index is -1.55. The number of alkyl carbamates (subject to hydrolysis) is 1. The van der Waals surface area contributed by atoms with Crippen molar-refractivity contribution in [3.63, 3.8) is 0 Å². The minimum Gasteiger partial charge on any atom is -0.444 e. The molecule has 6 heteroatoms. The topological polar surface area (TPSA) is 38.3 Å². The van der Waals surface area contributed by atoms with Gasteiger partial charge in [-0.2, -0.15) is 0 Å². The molecule has 1 aromatic carbocycles. The Morgan fingerprint density at radius 1 is 1.24 bits per heavy atom. The van der Waals surface area contributed by atoms with Crippen LogP contribution in [-0.2, 0) is 4.74 Å². The Balaban J connectivity index is 2.48. The van der Waals surface area contributed by atoms with Gasteiger partial charge in [0.15, 0.2) is 17.5 Å². The van der Waals surface area contributed by atoms with E-state index in [4.69, 9.17) is 4.74 Å². The molecular formula is C15H16F3NO2. The number of carbonyl (C=O) groups excluding carboxylic acids is 1. The van der Waals surface area contributed by atoms with Crippen molar-refractivity contribution in [1.29, 1.82) is 0 Å². The van der Waals surface area contributed by atoms with Crippen molar-refractivity contribution in [2.45, 2.75) is 32.8 Å².